The Morgan fingerprint density at radius 3 is 2.88 bits per heavy atom. The van der Waals surface area contributed by atoms with Gasteiger partial charge in [0.15, 0.2) is 0 Å². The van der Waals surface area contributed by atoms with Crippen LogP contribution < -0.4 is 10.2 Å². The van der Waals surface area contributed by atoms with Gasteiger partial charge in [0.25, 0.3) is 0 Å². The highest BCUT2D eigenvalue weighted by molar-refractivity contribution is 6.04. The fourth-order valence-corrected chi connectivity index (χ4v) is 1.62. The average Bonchev–Trinajstić information content (AvgIpc) is 2.34. The summed E-state index contributed by atoms with van der Waals surface area (Å²) in [6, 6.07) is 4.74. The molecule has 1 aliphatic rings. The van der Waals surface area contributed by atoms with E-state index in [0.717, 1.165) is 0 Å². The molecule has 1 atom stereocenters. The van der Waals surface area contributed by atoms with E-state index >= 15 is 0 Å². The molecule has 1 fully saturated rings. The van der Waals surface area contributed by atoms with Crippen molar-refractivity contribution in [1.29, 1.82) is 5.26 Å². The molecule has 1 N–H and O–H groups in total. The van der Waals surface area contributed by atoms with Gasteiger partial charge >= 0.3 is 0 Å². The Balaban J connectivity index is 2.28. The monoisotopic (exact) mass is 230 g/mol. The molecule has 1 aliphatic heterocycles. The number of imide groups is 1. The number of aromatic nitrogens is 1. The first-order chi connectivity index (χ1) is 8.11. The normalized spacial score (nSPS) is 19.8. The zero-order valence-corrected chi connectivity index (χ0v) is 9.17. The van der Waals surface area contributed by atoms with Gasteiger partial charge < -0.3 is 4.90 Å². The molecular formula is C11H10N4O2. The van der Waals surface area contributed by atoms with Gasteiger partial charge in [-0.1, -0.05) is 0 Å². The molecule has 2 rings (SSSR count). The Labute approximate surface area is 97.9 Å². The molecule has 6 heteroatoms. The molecule has 0 bridgehead atoms. The summed E-state index contributed by atoms with van der Waals surface area (Å²) in [6.07, 6.45) is 1.42. The second-order valence-corrected chi connectivity index (χ2v) is 3.73. The van der Waals surface area contributed by atoms with Gasteiger partial charge in [-0.3, -0.25) is 14.9 Å². The largest absolute Gasteiger partial charge is 0.336 e. The Kier molecular flexibility index (Phi) is 2.75. The third kappa shape index (κ3) is 2.08. The van der Waals surface area contributed by atoms with Crippen LogP contribution >= 0.6 is 0 Å². The summed E-state index contributed by atoms with van der Waals surface area (Å²) in [5, 5.41) is 10.9. The molecule has 1 unspecified atom stereocenters. The first-order valence-corrected chi connectivity index (χ1v) is 5.08. The van der Waals surface area contributed by atoms with Gasteiger partial charge in [-0.2, -0.15) is 5.26 Å². The number of pyridine rings is 1. The highest BCUT2D eigenvalue weighted by atomic mass is 16.2. The van der Waals surface area contributed by atoms with Gasteiger partial charge in [-0.05, 0) is 19.1 Å². The SMILES string of the molecule is CC1C(=O)NC(=O)CN1c1ccc(C#N)cn1. The van der Waals surface area contributed by atoms with Gasteiger partial charge in [0, 0.05) is 6.20 Å². The second-order valence-electron chi connectivity index (χ2n) is 3.73. The third-order valence-electron chi connectivity index (χ3n) is 2.59. The van der Waals surface area contributed by atoms with Gasteiger partial charge in [-0.15, -0.1) is 0 Å². The number of piperazine rings is 1. The summed E-state index contributed by atoms with van der Waals surface area (Å²) < 4.78 is 0. The molecule has 0 aliphatic carbocycles. The van der Waals surface area contributed by atoms with E-state index in [1.807, 2.05) is 6.07 Å². The van der Waals surface area contributed by atoms with Gasteiger partial charge in [-0.25, -0.2) is 4.98 Å². The number of carbonyl (C=O) groups is 2. The fourth-order valence-electron chi connectivity index (χ4n) is 1.62. The van der Waals surface area contributed by atoms with E-state index < -0.39 is 6.04 Å². The number of hydrogen-bond acceptors (Lipinski definition) is 5. The number of amides is 2. The molecule has 0 spiro atoms. The highest BCUT2D eigenvalue weighted by Gasteiger charge is 2.30. The number of nitrogens with zero attached hydrogens (tertiary/aromatic N) is 3. The lowest BCUT2D eigenvalue weighted by Gasteiger charge is -2.32. The standard InChI is InChI=1S/C11H10N4O2/c1-7-11(17)14-10(16)6-15(7)9-3-2-8(4-12)5-13-9/h2-3,5,7H,6H2,1H3,(H,14,16,17). The quantitative estimate of drug-likeness (QED) is 0.675. The number of nitrogens with one attached hydrogen (secondary N) is 1. The molecule has 1 aromatic heterocycles. The van der Waals surface area contributed by atoms with Crippen LogP contribution in [-0.2, 0) is 9.59 Å². The van der Waals surface area contributed by atoms with E-state index in [2.05, 4.69) is 10.3 Å². The van der Waals surface area contributed by atoms with E-state index in [1.165, 1.54) is 6.20 Å². The summed E-state index contributed by atoms with van der Waals surface area (Å²) in [7, 11) is 0. The minimum absolute atomic E-state index is 0.0891. The van der Waals surface area contributed by atoms with Crippen LogP contribution in [0, 0.1) is 11.3 Å². The summed E-state index contributed by atoms with van der Waals surface area (Å²) in [6.45, 7) is 1.79. The molecule has 86 valence electrons. The van der Waals surface area contributed by atoms with Crippen molar-refractivity contribution in [3.63, 3.8) is 0 Å². The third-order valence-corrected chi connectivity index (χ3v) is 2.59. The van der Waals surface area contributed by atoms with E-state index in [-0.39, 0.29) is 18.4 Å². The van der Waals surface area contributed by atoms with E-state index in [0.29, 0.717) is 11.4 Å². The van der Waals surface area contributed by atoms with Crippen LogP contribution in [0.1, 0.15) is 12.5 Å². The predicted molar refractivity (Wildman–Crippen MR) is 58.9 cm³/mol. The summed E-state index contributed by atoms with van der Waals surface area (Å²) in [5.74, 6) is -0.175. The van der Waals surface area contributed by atoms with Crippen LogP contribution in [0.4, 0.5) is 5.82 Å². The van der Waals surface area contributed by atoms with Gasteiger partial charge in [0.2, 0.25) is 11.8 Å². The lowest BCUT2D eigenvalue weighted by Crippen LogP contribution is -2.57. The minimum Gasteiger partial charge on any atom is -0.336 e. The lowest BCUT2D eigenvalue weighted by atomic mass is 10.2. The van der Waals surface area contributed by atoms with E-state index in [4.69, 9.17) is 5.26 Å². The van der Waals surface area contributed by atoms with E-state index in [1.54, 1.807) is 24.0 Å². The molecule has 0 aromatic carbocycles. The zero-order chi connectivity index (χ0) is 12.4. The molecular weight excluding hydrogens is 220 g/mol. The molecule has 2 heterocycles. The highest BCUT2D eigenvalue weighted by Crippen LogP contribution is 2.16. The first kappa shape index (κ1) is 11.1. The Bertz CT molecular complexity index is 503. The van der Waals surface area contributed by atoms with Crippen LogP contribution in [0.2, 0.25) is 0 Å². The maximum absolute atomic E-state index is 11.5. The zero-order valence-electron chi connectivity index (χ0n) is 9.17. The number of nitriles is 1. The van der Waals surface area contributed by atoms with Crippen molar-refractivity contribution >= 4 is 17.6 Å². The van der Waals surface area contributed by atoms with Crippen molar-refractivity contribution in [1.82, 2.24) is 10.3 Å². The lowest BCUT2D eigenvalue weighted by molar-refractivity contribution is -0.132. The second kappa shape index (κ2) is 4.22. The van der Waals surface area contributed by atoms with Crippen LogP contribution in [0.25, 0.3) is 0 Å². The Morgan fingerprint density at radius 1 is 1.53 bits per heavy atom. The Morgan fingerprint density at radius 2 is 2.29 bits per heavy atom. The molecule has 6 nitrogen and oxygen atoms in total. The van der Waals surface area contributed by atoms with Crippen LogP contribution in [0.15, 0.2) is 18.3 Å². The van der Waals surface area contributed by atoms with Gasteiger partial charge in [0.1, 0.15) is 17.9 Å². The van der Waals surface area contributed by atoms with Crippen LogP contribution in [0.5, 0.6) is 0 Å². The predicted octanol–water partition coefficient (Wildman–Crippen LogP) is -0.195. The summed E-state index contributed by atoms with van der Waals surface area (Å²) in [5.41, 5.74) is 0.439. The number of anilines is 1. The van der Waals surface area contributed by atoms with Crippen molar-refractivity contribution in [2.45, 2.75) is 13.0 Å². The molecule has 2 amide bonds. The van der Waals surface area contributed by atoms with Crippen molar-refractivity contribution in [2.75, 3.05) is 11.4 Å². The molecule has 17 heavy (non-hydrogen) atoms. The number of rotatable bonds is 1. The minimum atomic E-state index is -0.451. The van der Waals surface area contributed by atoms with Crippen molar-refractivity contribution < 1.29 is 9.59 Å². The average molecular weight is 230 g/mol. The molecule has 0 saturated carbocycles. The van der Waals surface area contributed by atoms with Gasteiger partial charge in [0.05, 0.1) is 12.1 Å². The summed E-state index contributed by atoms with van der Waals surface area (Å²) in [4.78, 5) is 28.4. The number of carbonyl (C=O) groups excluding carboxylic acids is 2. The topological polar surface area (TPSA) is 86.1 Å². The maximum atomic E-state index is 11.5. The smallest absolute Gasteiger partial charge is 0.249 e. The van der Waals surface area contributed by atoms with Crippen LogP contribution in [0.3, 0.4) is 0 Å². The van der Waals surface area contributed by atoms with Crippen LogP contribution in [-0.4, -0.2) is 29.4 Å². The number of hydrogen-bond donors (Lipinski definition) is 1. The maximum Gasteiger partial charge on any atom is 0.249 e. The molecule has 1 saturated heterocycles. The van der Waals surface area contributed by atoms with E-state index in [9.17, 15) is 9.59 Å². The van der Waals surface area contributed by atoms with Crippen molar-refractivity contribution in [3.8, 4) is 6.07 Å². The van der Waals surface area contributed by atoms with Crippen molar-refractivity contribution in [3.05, 3.63) is 23.9 Å². The fraction of sp³-hybridized carbons (Fsp3) is 0.273. The van der Waals surface area contributed by atoms with Crippen molar-refractivity contribution in [2.24, 2.45) is 0 Å². The molecule has 0 radical (unpaired) electrons. The summed E-state index contributed by atoms with van der Waals surface area (Å²) >= 11 is 0. The first-order valence-electron chi connectivity index (χ1n) is 5.08. The Hall–Kier alpha value is -2.42. The molecule has 1 aromatic rings.